The molecule has 0 fully saturated rings. The first-order valence-electron chi connectivity index (χ1n) is 6.89. The number of carboxylic acid groups (broad SMARTS) is 1. The van der Waals surface area contributed by atoms with Crippen molar-refractivity contribution in [1.29, 1.82) is 0 Å². The van der Waals surface area contributed by atoms with Crippen molar-refractivity contribution in [2.45, 2.75) is 26.2 Å². The van der Waals surface area contributed by atoms with E-state index in [1.165, 1.54) is 36.4 Å². The fraction of sp³-hybridized carbons (Fsp3) is 0.533. The molecular formula is C15H23NO3. The minimum absolute atomic E-state index is 0.156. The van der Waals surface area contributed by atoms with Crippen LogP contribution in [0.3, 0.4) is 0 Å². The number of hydrogen-bond acceptors (Lipinski definition) is 3. The van der Waals surface area contributed by atoms with Crippen LogP contribution in [0.2, 0.25) is 0 Å². The number of hydrogen-bond donors (Lipinski definition) is 1. The molecule has 0 heterocycles. The fourth-order valence-electron chi connectivity index (χ4n) is 1.88. The predicted molar refractivity (Wildman–Crippen MR) is 72.4 cm³/mol. The second-order valence-corrected chi connectivity index (χ2v) is 4.83. The molecule has 0 saturated carbocycles. The van der Waals surface area contributed by atoms with Crippen molar-refractivity contribution in [3.8, 4) is 5.75 Å². The summed E-state index contributed by atoms with van der Waals surface area (Å²) in [6.45, 7) is 5.07. The van der Waals surface area contributed by atoms with Gasteiger partial charge >= 0.3 is 0 Å². The molecular weight excluding hydrogens is 242 g/mol. The van der Waals surface area contributed by atoms with Gasteiger partial charge in [-0.3, -0.25) is 0 Å². The third-order valence-electron chi connectivity index (χ3n) is 3.04. The molecule has 0 bridgehead atoms. The molecule has 0 amide bonds. The van der Waals surface area contributed by atoms with Crippen LogP contribution in [-0.2, 0) is 0 Å². The molecule has 0 aliphatic carbocycles. The normalized spacial score (nSPS) is 12.1. The zero-order chi connectivity index (χ0) is 14.1. The van der Waals surface area contributed by atoms with Crippen molar-refractivity contribution in [2.24, 2.45) is 0 Å². The minimum Gasteiger partial charge on any atom is -0.545 e. The molecule has 4 heteroatoms. The summed E-state index contributed by atoms with van der Waals surface area (Å²) < 4.78 is 5.55. The number of carbonyl (C=O) groups is 1. The van der Waals surface area contributed by atoms with Crippen molar-refractivity contribution in [2.75, 3.05) is 26.7 Å². The van der Waals surface area contributed by atoms with Gasteiger partial charge in [0, 0.05) is 12.0 Å². The molecule has 1 aromatic rings. The SMILES string of the molecule is CCCC[NH+](C)CCCOc1cccc(C(=O)[O-])c1. The molecule has 1 N–H and O–H groups in total. The quantitative estimate of drug-likeness (QED) is 0.646. The Bertz CT molecular complexity index is 393. The largest absolute Gasteiger partial charge is 0.545 e. The molecule has 106 valence electrons. The second kappa shape index (κ2) is 8.53. The Morgan fingerprint density at radius 1 is 1.32 bits per heavy atom. The average molecular weight is 265 g/mol. The van der Waals surface area contributed by atoms with Crippen LogP contribution in [0.25, 0.3) is 0 Å². The Balaban J connectivity index is 2.25. The van der Waals surface area contributed by atoms with E-state index in [9.17, 15) is 9.90 Å². The first kappa shape index (κ1) is 15.5. The monoisotopic (exact) mass is 265 g/mol. The van der Waals surface area contributed by atoms with E-state index in [-0.39, 0.29) is 5.56 Å². The summed E-state index contributed by atoms with van der Waals surface area (Å²) in [5, 5.41) is 10.7. The van der Waals surface area contributed by atoms with Crippen LogP contribution in [0.5, 0.6) is 5.75 Å². The molecule has 0 saturated heterocycles. The van der Waals surface area contributed by atoms with Crippen molar-refractivity contribution in [3.63, 3.8) is 0 Å². The average Bonchev–Trinajstić information content (AvgIpc) is 2.41. The zero-order valence-electron chi connectivity index (χ0n) is 11.8. The lowest BCUT2D eigenvalue weighted by Gasteiger charge is -2.14. The summed E-state index contributed by atoms with van der Waals surface area (Å²) in [5.74, 6) is -0.581. The smallest absolute Gasteiger partial charge is 0.119 e. The number of rotatable bonds is 9. The van der Waals surface area contributed by atoms with E-state index in [1.54, 1.807) is 12.1 Å². The summed E-state index contributed by atoms with van der Waals surface area (Å²) >= 11 is 0. The number of carbonyl (C=O) groups excluding carboxylic acids is 1. The highest BCUT2D eigenvalue weighted by Crippen LogP contribution is 2.12. The number of aromatic carboxylic acids is 1. The van der Waals surface area contributed by atoms with Gasteiger partial charge in [-0.25, -0.2) is 0 Å². The fourth-order valence-corrected chi connectivity index (χ4v) is 1.88. The summed E-state index contributed by atoms with van der Waals surface area (Å²) in [7, 11) is 2.19. The Morgan fingerprint density at radius 2 is 2.05 bits per heavy atom. The van der Waals surface area contributed by atoms with Crippen molar-refractivity contribution in [1.82, 2.24) is 0 Å². The number of ether oxygens (including phenoxy) is 1. The van der Waals surface area contributed by atoms with Gasteiger partial charge in [0.2, 0.25) is 0 Å². The van der Waals surface area contributed by atoms with Crippen LogP contribution in [-0.4, -0.2) is 32.7 Å². The van der Waals surface area contributed by atoms with Crippen LogP contribution < -0.4 is 14.7 Å². The number of carboxylic acids is 1. The molecule has 0 radical (unpaired) electrons. The Morgan fingerprint density at radius 3 is 2.74 bits per heavy atom. The number of benzene rings is 1. The van der Waals surface area contributed by atoms with Crippen LogP contribution in [0.4, 0.5) is 0 Å². The number of unbranched alkanes of at least 4 members (excludes halogenated alkanes) is 1. The van der Waals surface area contributed by atoms with Crippen molar-refractivity contribution >= 4 is 5.97 Å². The minimum atomic E-state index is -1.17. The topological polar surface area (TPSA) is 53.8 Å². The lowest BCUT2D eigenvalue weighted by atomic mass is 10.2. The first-order valence-corrected chi connectivity index (χ1v) is 6.89. The molecule has 4 nitrogen and oxygen atoms in total. The number of quaternary nitrogens is 1. The lowest BCUT2D eigenvalue weighted by molar-refractivity contribution is -0.880. The molecule has 0 aliphatic rings. The van der Waals surface area contributed by atoms with E-state index in [1.807, 2.05) is 0 Å². The van der Waals surface area contributed by atoms with E-state index < -0.39 is 5.97 Å². The molecule has 1 rings (SSSR count). The van der Waals surface area contributed by atoms with Crippen molar-refractivity contribution < 1.29 is 19.5 Å². The highest BCUT2D eigenvalue weighted by Gasteiger charge is 2.02. The van der Waals surface area contributed by atoms with E-state index in [0.717, 1.165) is 13.0 Å². The zero-order valence-corrected chi connectivity index (χ0v) is 11.8. The summed E-state index contributed by atoms with van der Waals surface area (Å²) in [5.41, 5.74) is 0.156. The third kappa shape index (κ3) is 6.25. The molecule has 0 aromatic heterocycles. The highest BCUT2D eigenvalue weighted by molar-refractivity contribution is 5.86. The van der Waals surface area contributed by atoms with Crippen LogP contribution in [0.15, 0.2) is 24.3 Å². The van der Waals surface area contributed by atoms with Gasteiger partial charge in [0.15, 0.2) is 0 Å². The lowest BCUT2D eigenvalue weighted by Crippen LogP contribution is -3.09. The van der Waals surface area contributed by atoms with Gasteiger partial charge in [0.1, 0.15) is 5.75 Å². The van der Waals surface area contributed by atoms with E-state index in [0.29, 0.717) is 12.4 Å². The van der Waals surface area contributed by atoms with Crippen molar-refractivity contribution in [3.05, 3.63) is 29.8 Å². The van der Waals surface area contributed by atoms with Crippen LogP contribution in [0.1, 0.15) is 36.5 Å². The maximum Gasteiger partial charge on any atom is 0.119 e. The predicted octanol–water partition coefficient (Wildman–Crippen LogP) is 0.134. The van der Waals surface area contributed by atoms with E-state index >= 15 is 0 Å². The molecule has 0 spiro atoms. The van der Waals surface area contributed by atoms with Gasteiger partial charge in [0.25, 0.3) is 0 Å². The van der Waals surface area contributed by atoms with Gasteiger partial charge in [-0.15, -0.1) is 0 Å². The van der Waals surface area contributed by atoms with Gasteiger partial charge in [-0.05, 0) is 18.6 Å². The first-order chi connectivity index (χ1) is 9.13. The van der Waals surface area contributed by atoms with Crippen LogP contribution >= 0.6 is 0 Å². The van der Waals surface area contributed by atoms with Gasteiger partial charge in [0.05, 0.1) is 32.7 Å². The summed E-state index contributed by atoms with van der Waals surface area (Å²) in [6, 6.07) is 6.44. The molecule has 1 aromatic carbocycles. The molecule has 1 atom stereocenters. The molecule has 1 unspecified atom stereocenters. The van der Waals surface area contributed by atoms with E-state index in [4.69, 9.17) is 4.74 Å². The maximum absolute atomic E-state index is 10.7. The Kier molecular flexibility index (Phi) is 6.97. The number of nitrogens with one attached hydrogen (secondary N) is 1. The van der Waals surface area contributed by atoms with Gasteiger partial charge < -0.3 is 19.5 Å². The molecule has 0 aliphatic heterocycles. The highest BCUT2D eigenvalue weighted by atomic mass is 16.5. The van der Waals surface area contributed by atoms with Gasteiger partial charge in [-0.1, -0.05) is 25.5 Å². The van der Waals surface area contributed by atoms with Crippen LogP contribution in [0, 0.1) is 0 Å². The standard InChI is InChI=1S/C15H23NO3/c1-3-4-9-16(2)10-6-11-19-14-8-5-7-13(12-14)15(17)18/h5,7-8,12H,3-4,6,9-11H2,1-2H3,(H,17,18). The maximum atomic E-state index is 10.7. The van der Waals surface area contributed by atoms with Gasteiger partial charge in [-0.2, -0.15) is 0 Å². The second-order valence-electron chi connectivity index (χ2n) is 4.83. The Hall–Kier alpha value is -1.55. The summed E-state index contributed by atoms with van der Waals surface area (Å²) in [6.07, 6.45) is 3.44. The third-order valence-corrected chi connectivity index (χ3v) is 3.04. The summed E-state index contributed by atoms with van der Waals surface area (Å²) in [4.78, 5) is 12.2. The van der Waals surface area contributed by atoms with E-state index in [2.05, 4.69) is 14.0 Å². The molecule has 19 heavy (non-hydrogen) atoms. The Labute approximate surface area is 115 Å².